The average Bonchev–Trinajstić information content (AvgIpc) is 2.59. The quantitative estimate of drug-likeness (QED) is 0.585. The van der Waals surface area contributed by atoms with Crippen LogP contribution in [-0.2, 0) is 0 Å². The molecule has 3 aromatic carbocycles. The molecule has 0 spiro atoms. The van der Waals surface area contributed by atoms with Gasteiger partial charge in [-0.2, -0.15) is 0 Å². The Hall–Kier alpha value is -2.65. The first-order chi connectivity index (χ1) is 12.5. The third-order valence-electron chi connectivity index (χ3n) is 4.26. The van der Waals surface area contributed by atoms with Crippen molar-refractivity contribution in [2.24, 2.45) is 0 Å². The molecule has 2 N–H and O–H groups in total. The summed E-state index contributed by atoms with van der Waals surface area (Å²) in [6.07, 6.45) is 0. The molecule has 0 saturated carbocycles. The molecule has 3 heteroatoms. The maximum absolute atomic E-state index is 5.61. The number of nitrogens with one attached hydrogen (secondary N) is 2. The highest BCUT2D eigenvalue weighted by molar-refractivity contribution is 7.80. The first kappa shape index (κ1) is 18.2. The highest BCUT2D eigenvalue weighted by atomic mass is 32.1. The summed E-state index contributed by atoms with van der Waals surface area (Å²) in [5.74, 6) is 0. The minimum atomic E-state index is 0.00186. The molecule has 0 fully saturated rings. The average molecular weight is 361 g/mol. The Balaban J connectivity index is 1.84. The van der Waals surface area contributed by atoms with Gasteiger partial charge in [-0.3, -0.25) is 0 Å². The van der Waals surface area contributed by atoms with E-state index in [1.807, 2.05) is 6.07 Å². The van der Waals surface area contributed by atoms with Crippen LogP contribution in [0.15, 0.2) is 72.8 Å². The van der Waals surface area contributed by atoms with Crippen molar-refractivity contribution in [3.8, 4) is 0 Å². The SMILES string of the molecule is Cc1cc(C)cc(NC(=S)N[C@@H](c2ccccc2)c2cccc(C)c2)c1. The topological polar surface area (TPSA) is 24.1 Å². The molecule has 0 radical (unpaired) electrons. The van der Waals surface area contributed by atoms with E-state index in [-0.39, 0.29) is 6.04 Å². The molecule has 0 aliphatic heterocycles. The van der Waals surface area contributed by atoms with Gasteiger partial charge in [0.25, 0.3) is 0 Å². The fourth-order valence-electron chi connectivity index (χ4n) is 3.20. The maximum atomic E-state index is 5.61. The standard InChI is InChI=1S/C23H24N2S/c1-16-8-7-11-20(13-16)22(19-9-5-4-6-10-19)25-23(26)24-21-14-17(2)12-18(3)15-21/h4-15,22H,1-3H3,(H2,24,25,26)/t22-/m0/s1. The van der Waals surface area contributed by atoms with Crippen LogP contribution in [0.25, 0.3) is 0 Å². The Bertz CT molecular complexity index is 883. The Morgan fingerprint density at radius 3 is 2.04 bits per heavy atom. The van der Waals surface area contributed by atoms with Gasteiger partial charge in [0.15, 0.2) is 5.11 Å². The monoisotopic (exact) mass is 360 g/mol. The molecule has 0 aliphatic carbocycles. The molecule has 0 heterocycles. The van der Waals surface area contributed by atoms with Crippen LogP contribution in [0.2, 0.25) is 0 Å². The van der Waals surface area contributed by atoms with E-state index in [1.165, 1.54) is 27.8 Å². The summed E-state index contributed by atoms with van der Waals surface area (Å²) < 4.78 is 0. The second-order valence-electron chi connectivity index (χ2n) is 6.73. The molecule has 0 aromatic heterocycles. The van der Waals surface area contributed by atoms with E-state index in [0.717, 1.165) is 5.69 Å². The normalized spacial score (nSPS) is 11.7. The number of hydrogen-bond acceptors (Lipinski definition) is 1. The van der Waals surface area contributed by atoms with Crippen LogP contribution in [-0.4, -0.2) is 5.11 Å². The number of rotatable bonds is 4. The van der Waals surface area contributed by atoms with Crippen LogP contribution in [0.3, 0.4) is 0 Å². The Labute approximate surface area is 161 Å². The lowest BCUT2D eigenvalue weighted by molar-refractivity contribution is 0.767. The molecule has 2 nitrogen and oxygen atoms in total. The molecule has 1 atom stereocenters. The third kappa shape index (κ3) is 4.70. The highest BCUT2D eigenvalue weighted by Gasteiger charge is 2.15. The molecule has 0 amide bonds. The van der Waals surface area contributed by atoms with E-state index >= 15 is 0 Å². The van der Waals surface area contributed by atoms with Gasteiger partial charge >= 0.3 is 0 Å². The van der Waals surface area contributed by atoms with Gasteiger partial charge in [-0.15, -0.1) is 0 Å². The summed E-state index contributed by atoms with van der Waals surface area (Å²) >= 11 is 5.61. The molecular weight excluding hydrogens is 336 g/mol. The third-order valence-corrected chi connectivity index (χ3v) is 4.48. The number of benzene rings is 3. The highest BCUT2D eigenvalue weighted by Crippen LogP contribution is 2.23. The molecule has 0 saturated heterocycles. The van der Waals surface area contributed by atoms with E-state index in [0.29, 0.717) is 5.11 Å². The van der Waals surface area contributed by atoms with Gasteiger partial charge in [-0.1, -0.05) is 66.2 Å². The smallest absolute Gasteiger partial charge is 0.171 e. The predicted octanol–water partition coefficient (Wildman–Crippen LogP) is 5.69. The molecule has 0 aliphatic rings. The molecule has 26 heavy (non-hydrogen) atoms. The van der Waals surface area contributed by atoms with Crippen LogP contribution in [0.1, 0.15) is 33.9 Å². The lowest BCUT2D eigenvalue weighted by atomic mass is 9.97. The summed E-state index contributed by atoms with van der Waals surface area (Å²) in [5.41, 5.74) is 7.06. The van der Waals surface area contributed by atoms with Crippen LogP contribution in [0.5, 0.6) is 0 Å². The van der Waals surface area contributed by atoms with E-state index in [2.05, 4.69) is 98.1 Å². The first-order valence-corrected chi connectivity index (χ1v) is 9.19. The Kier molecular flexibility index (Phi) is 5.69. The molecule has 0 unspecified atom stereocenters. The van der Waals surface area contributed by atoms with Gasteiger partial charge in [-0.05, 0) is 67.4 Å². The van der Waals surface area contributed by atoms with E-state index in [4.69, 9.17) is 12.2 Å². The van der Waals surface area contributed by atoms with Crippen LogP contribution >= 0.6 is 12.2 Å². The van der Waals surface area contributed by atoms with Crippen LogP contribution in [0.4, 0.5) is 5.69 Å². The van der Waals surface area contributed by atoms with Crippen molar-refractivity contribution in [2.75, 3.05) is 5.32 Å². The predicted molar refractivity (Wildman–Crippen MR) is 115 cm³/mol. The summed E-state index contributed by atoms with van der Waals surface area (Å²) in [7, 11) is 0. The molecule has 3 aromatic rings. The van der Waals surface area contributed by atoms with Crippen molar-refractivity contribution < 1.29 is 0 Å². The number of anilines is 1. The number of aryl methyl sites for hydroxylation is 3. The second kappa shape index (κ2) is 8.15. The fraction of sp³-hybridized carbons (Fsp3) is 0.174. The summed E-state index contributed by atoms with van der Waals surface area (Å²) in [5, 5.41) is 7.43. The zero-order valence-electron chi connectivity index (χ0n) is 15.4. The molecule has 0 bridgehead atoms. The first-order valence-electron chi connectivity index (χ1n) is 8.78. The number of hydrogen-bond donors (Lipinski definition) is 2. The largest absolute Gasteiger partial charge is 0.352 e. The van der Waals surface area contributed by atoms with Gasteiger partial charge in [0.1, 0.15) is 0 Å². The van der Waals surface area contributed by atoms with Crippen molar-refractivity contribution in [3.05, 3.63) is 101 Å². The van der Waals surface area contributed by atoms with Crippen molar-refractivity contribution >= 4 is 23.0 Å². The lowest BCUT2D eigenvalue weighted by Gasteiger charge is -2.22. The summed E-state index contributed by atoms with van der Waals surface area (Å²) in [4.78, 5) is 0. The number of thiocarbonyl (C=S) groups is 1. The van der Waals surface area contributed by atoms with Crippen molar-refractivity contribution in [1.29, 1.82) is 0 Å². The van der Waals surface area contributed by atoms with Gasteiger partial charge in [0, 0.05) is 5.69 Å². The van der Waals surface area contributed by atoms with Crippen LogP contribution in [0, 0.1) is 20.8 Å². The zero-order chi connectivity index (χ0) is 18.5. The van der Waals surface area contributed by atoms with Crippen LogP contribution < -0.4 is 10.6 Å². The summed E-state index contributed by atoms with van der Waals surface area (Å²) in [6.45, 7) is 6.29. The maximum Gasteiger partial charge on any atom is 0.171 e. The van der Waals surface area contributed by atoms with Crippen molar-refractivity contribution in [3.63, 3.8) is 0 Å². The fourth-order valence-corrected chi connectivity index (χ4v) is 3.44. The Morgan fingerprint density at radius 1 is 0.731 bits per heavy atom. The van der Waals surface area contributed by atoms with Gasteiger partial charge < -0.3 is 10.6 Å². The van der Waals surface area contributed by atoms with E-state index in [1.54, 1.807) is 0 Å². The summed E-state index contributed by atoms with van der Waals surface area (Å²) in [6, 6.07) is 25.3. The second-order valence-corrected chi connectivity index (χ2v) is 7.14. The minimum absolute atomic E-state index is 0.00186. The van der Waals surface area contributed by atoms with E-state index in [9.17, 15) is 0 Å². The molecule has 132 valence electrons. The molecular formula is C23H24N2S. The minimum Gasteiger partial charge on any atom is -0.352 e. The van der Waals surface area contributed by atoms with E-state index < -0.39 is 0 Å². The van der Waals surface area contributed by atoms with Gasteiger partial charge in [-0.25, -0.2) is 0 Å². The Morgan fingerprint density at radius 2 is 1.38 bits per heavy atom. The zero-order valence-corrected chi connectivity index (χ0v) is 16.2. The van der Waals surface area contributed by atoms with Gasteiger partial charge in [0.05, 0.1) is 6.04 Å². The van der Waals surface area contributed by atoms with Crippen molar-refractivity contribution in [2.45, 2.75) is 26.8 Å². The van der Waals surface area contributed by atoms with Crippen molar-refractivity contribution in [1.82, 2.24) is 5.32 Å². The lowest BCUT2D eigenvalue weighted by Crippen LogP contribution is -2.33. The van der Waals surface area contributed by atoms with Gasteiger partial charge in [0.2, 0.25) is 0 Å². The molecule has 3 rings (SSSR count).